The summed E-state index contributed by atoms with van der Waals surface area (Å²) in [6.07, 6.45) is 0. The van der Waals surface area contributed by atoms with Crippen LogP contribution in [0.25, 0.3) is 10.9 Å². The van der Waals surface area contributed by atoms with Crippen molar-refractivity contribution in [3.05, 3.63) is 30.0 Å². The number of carbonyl (C=O) groups is 1. The van der Waals surface area contributed by atoms with Gasteiger partial charge >= 0.3 is 5.97 Å². The number of carboxylic acids is 1. The van der Waals surface area contributed by atoms with Crippen LogP contribution in [-0.4, -0.2) is 34.1 Å². The summed E-state index contributed by atoms with van der Waals surface area (Å²) in [5.41, 5.74) is 1.04. The van der Waals surface area contributed by atoms with Crippen LogP contribution in [0.1, 0.15) is 17.4 Å². The van der Waals surface area contributed by atoms with Crippen molar-refractivity contribution < 1.29 is 14.6 Å². The van der Waals surface area contributed by atoms with Gasteiger partial charge in [-0.1, -0.05) is 25.1 Å². The van der Waals surface area contributed by atoms with Gasteiger partial charge < -0.3 is 9.84 Å². The summed E-state index contributed by atoms with van der Waals surface area (Å²) < 4.78 is 7.00. The molecule has 0 amide bonds. The highest BCUT2D eigenvalue weighted by Crippen LogP contribution is 2.30. The monoisotopic (exact) mass is 246 g/mol. The van der Waals surface area contributed by atoms with Crippen LogP contribution >= 0.6 is 0 Å². The molecule has 5 nitrogen and oxygen atoms in total. The molecule has 0 unspecified atom stereocenters. The molecule has 1 fully saturated rings. The summed E-state index contributed by atoms with van der Waals surface area (Å²) in [4.78, 5) is 11.2. The molecule has 0 spiro atoms. The number of aromatic nitrogens is 2. The van der Waals surface area contributed by atoms with Crippen LogP contribution in [0.3, 0.4) is 0 Å². The summed E-state index contributed by atoms with van der Waals surface area (Å²) in [6.45, 7) is 4.20. The fourth-order valence-corrected chi connectivity index (χ4v) is 2.31. The van der Waals surface area contributed by atoms with Crippen molar-refractivity contribution in [1.82, 2.24) is 9.78 Å². The first-order valence-electron chi connectivity index (χ1n) is 5.86. The van der Waals surface area contributed by atoms with E-state index < -0.39 is 5.97 Å². The Kier molecular flexibility index (Phi) is 2.38. The maximum absolute atomic E-state index is 11.2. The van der Waals surface area contributed by atoms with Gasteiger partial charge in [0.25, 0.3) is 0 Å². The molecule has 1 aliphatic rings. The van der Waals surface area contributed by atoms with Crippen LogP contribution in [0.2, 0.25) is 0 Å². The molecule has 0 atom stereocenters. The van der Waals surface area contributed by atoms with Crippen LogP contribution in [-0.2, 0) is 11.3 Å². The maximum Gasteiger partial charge on any atom is 0.357 e. The van der Waals surface area contributed by atoms with E-state index in [2.05, 4.69) is 12.0 Å². The number of carboxylic acid groups (broad SMARTS) is 1. The first-order chi connectivity index (χ1) is 8.59. The van der Waals surface area contributed by atoms with E-state index in [1.165, 1.54) is 0 Å². The van der Waals surface area contributed by atoms with Crippen molar-refractivity contribution in [3.8, 4) is 0 Å². The number of para-hydroxylation sites is 1. The molecule has 1 aliphatic heterocycles. The fraction of sp³-hybridized carbons (Fsp3) is 0.385. The predicted octanol–water partition coefficient (Wildman–Crippen LogP) is 1.77. The van der Waals surface area contributed by atoms with E-state index in [4.69, 9.17) is 9.84 Å². The van der Waals surface area contributed by atoms with Gasteiger partial charge in [0.2, 0.25) is 0 Å². The third-order valence-corrected chi connectivity index (χ3v) is 3.29. The lowest BCUT2D eigenvalue weighted by Gasteiger charge is -2.37. The van der Waals surface area contributed by atoms with Gasteiger partial charge in [0.15, 0.2) is 5.69 Å². The number of hydrogen-bond donors (Lipinski definition) is 1. The third-order valence-electron chi connectivity index (χ3n) is 3.29. The molecule has 1 N–H and O–H groups in total. The van der Waals surface area contributed by atoms with Gasteiger partial charge in [-0.2, -0.15) is 5.10 Å². The lowest BCUT2D eigenvalue weighted by atomic mass is 9.89. The first-order valence-corrected chi connectivity index (χ1v) is 5.86. The molecule has 2 heterocycles. The predicted molar refractivity (Wildman–Crippen MR) is 65.6 cm³/mol. The van der Waals surface area contributed by atoms with Gasteiger partial charge in [0.05, 0.1) is 25.3 Å². The Morgan fingerprint density at radius 3 is 2.83 bits per heavy atom. The molecular weight excluding hydrogens is 232 g/mol. The molecule has 0 bridgehead atoms. The number of hydrogen-bond acceptors (Lipinski definition) is 3. The Hall–Kier alpha value is -1.88. The lowest BCUT2D eigenvalue weighted by molar-refractivity contribution is -0.111. The minimum Gasteiger partial charge on any atom is -0.476 e. The lowest BCUT2D eigenvalue weighted by Crippen LogP contribution is -2.43. The molecule has 0 saturated carbocycles. The molecule has 2 aromatic rings. The van der Waals surface area contributed by atoms with Crippen molar-refractivity contribution in [2.75, 3.05) is 13.2 Å². The summed E-state index contributed by atoms with van der Waals surface area (Å²) in [5.74, 6) is -0.986. The minimum absolute atomic E-state index is 0.0601. The normalized spacial score (nSPS) is 17.6. The fourth-order valence-electron chi connectivity index (χ4n) is 2.31. The second-order valence-electron chi connectivity index (χ2n) is 5.13. The zero-order chi connectivity index (χ0) is 12.8. The number of benzene rings is 1. The van der Waals surface area contributed by atoms with Crippen molar-refractivity contribution >= 4 is 16.9 Å². The maximum atomic E-state index is 11.2. The number of ether oxygens (including phenoxy) is 1. The van der Waals surface area contributed by atoms with Crippen molar-refractivity contribution in [2.45, 2.75) is 13.5 Å². The summed E-state index contributed by atoms with van der Waals surface area (Å²) in [5, 5.41) is 14.1. The molecule has 1 aromatic carbocycles. The van der Waals surface area contributed by atoms with Crippen LogP contribution < -0.4 is 0 Å². The van der Waals surface area contributed by atoms with Gasteiger partial charge in [-0.25, -0.2) is 4.79 Å². The molecule has 1 aromatic heterocycles. The summed E-state index contributed by atoms with van der Waals surface area (Å²) >= 11 is 0. The molecule has 1 saturated heterocycles. The van der Waals surface area contributed by atoms with E-state index in [1.807, 2.05) is 18.2 Å². The van der Waals surface area contributed by atoms with E-state index >= 15 is 0 Å². The molecular formula is C13H14N2O3. The highest BCUT2D eigenvalue weighted by Gasteiger charge is 2.34. The Morgan fingerprint density at radius 1 is 1.50 bits per heavy atom. The van der Waals surface area contributed by atoms with Gasteiger partial charge in [0, 0.05) is 10.8 Å². The Balaban J connectivity index is 2.08. The smallest absolute Gasteiger partial charge is 0.357 e. The van der Waals surface area contributed by atoms with Crippen molar-refractivity contribution in [2.24, 2.45) is 5.41 Å². The number of rotatable bonds is 3. The van der Waals surface area contributed by atoms with E-state index in [0.717, 1.165) is 5.52 Å². The Morgan fingerprint density at radius 2 is 2.22 bits per heavy atom. The molecule has 94 valence electrons. The van der Waals surface area contributed by atoms with Crippen LogP contribution in [0.15, 0.2) is 24.3 Å². The Labute approximate surface area is 104 Å². The topological polar surface area (TPSA) is 64.4 Å². The third kappa shape index (κ3) is 1.67. The van der Waals surface area contributed by atoms with Gasteiger partial charge in [0.1, 0.15) is 0 Å². The number of aromatic carboxylic acids is 1. The largest absolute Gasteiger partial charge is 0.476 e. The Bertz CT molecular complexity index is 614. The highest BCUT2D eigenvalue weighted by atomic mass is 16.5. The van der Waals surface area contributed by atoms with Crippen LogP contribution in [0, 0.1) is 5.41 Å². The summed E-state index contributed by atoms with van der Waals surface area (Å²) in [6, 6.07) is 7.42. The first kappa shape index (κ1) is 11.2. The minimum atomic E-state index is -0.986. The van der Waals surface area contributed by atoms with Crippen LogP contribution in [0.5, 0.6) is 0 Å². The van der Waals surface area contributed by atoms with E-state index in [0.29, 0.717) is 25.1 Å². The standard InChI is InChI=1S/C13H14N2O3/c1-13(7-18-8-13)6-15-10-5-3-2-4-9(10)11(14-15)12(16)17/h2-5H,6-8H2,1H3,(H,16,17). The van der Waals surface area contributed by atoms with E-state index in [1.54, 1.807) is 10.7 Å². The molecule has 18 heavy (non-hydrogen) atoms. The highest BCUT2D eigenvalue weighted by molar-refractivity contribution is 6.01. The zero-order valence-electron chi connectivity index (χ0n) is 10.1. The molecule has 5 heteroatoms. The average molecular weight is 246 g/mol. The second kappa shape index (κ2) is 3.81. The zero-order valence-corrected chi connectivity index (χ0v) is 10.1. The van der Waals surface area contributed by atoms with Gasteiger partial charge in [-0.15, -0.1) is 0 Å². The molecule has 0 radical (unpaired) electrons. The average Bonchev–Trinajstić information content (AvgIpc) is 2.67. The van der Waals surface area contributed by atoms with Crippen LogP contribution in [0.4, 0.5) is 0 Å². The van der Waals surface area contributed by atoms with Gasteiger partial charge in [-0.05, 0) is 6.07 Å². The van der Waals surface area contributed by atoms with E-state index in [-0.39, 0.29) is 11.1 Å². The summed E-state index contributed by atoms with van der Waals surface area (Å²) in [7, 11) is 0. The second-order valence-corrected chi connectivity index (χ2v) is 5.13. The number of nitrogens with zero attached hydrogens (tertiary/aromatic N) is 2. The molecule has 0 aliphatic carbocycles. The molecule has 3 rings (SSSR count). The van der Waals surface area contributed by atoms with Gasteiger partial charge in [-0.3, -0.25) is 4.68 Å². The number of fused-ring (bicyclic) bond motifs is 1. The quantitative estimate of drug-likeness (QED) is 0.896. The van der Waals surface area contributed by atoms with E-state index in [9.17, 15) is 4.79 Å². The van der Waals surface area contributed by atoms with Crippen molar-refractivity contribution in [3.63, 3.8) is 0 Å². The SMILES string of the molecule is CC1(Cn2nc(C(=O)O)c3ccccc32)COC1. The van der Waals surface area contributed by atoms with Crippen molar-refractivity contribution in [1.29, 1.82) is 0 Å².